The van der Waals surface area contributed by atoms with Crippen molar-refractivity contribution in [2.45, 2.75) is 13.2 Å². The van der Waals surface area contributed by atoms with E-state index in [1.807, 2.05) is 43.4 Å². The van der Waals surface area contributed by atoms with E-state index in [0.29, 0.717) is 19.7 Å². The van der Waals surface area contributed by atoms with Crippen LogP contribution in [0.5, 0.6) is 5.75 Å². The fourth-order valence-electron chi connectivity index (χ4n) is 4.59. The van der Waals surface area contributed by atoms with Gasteiger partial charge in [0.25, 0.3) is 0 Å². The monoisotopic (exact) mass is 366 g/mol. The van der Waals surface area contributed by atoms with E-state index in [0.717, 1.165) is 36.5 Å². The highest BCUT2D eigenvalue weighted by atomic mass is 16.5. The first kappa shape index (κ1) is 18.0. The van der Waals surface area contributed by atoms with Gasteiger partial charge in [0.2, 0.25) is 0 Å². The Morgan fingerprint density at radius 1 is 1.11 bits per heavy atom. The Morgan fingerprint density at radius 2 is 1.85 bits per heavy atom. The summed E-state index contributed by atoms with van der Waals surface area (Å²) in [7, 11) is 2.01. The van der Waals surface area contributed by atoms with Crippen molar-refractivity contribution in [2.24, 2.45) is 11.3 Å². The minimum atomic E-state index is -0.659. The maximum atomic E-state index is 12.0. The number of nitrogens with zero attached hydrogens (tertiary/aromatic N) is 2. The summed E-state index contributed by atoms with van der Waals surface area (Å²) in [5.41, 5.74) is 1.62. The van der Waals surface area contributed by atoms with Gasteiger partial charge in [0.15, 0.2) is 0 Å². The highest BCUT2D eigenvalue weighted by Gasteiger charge is 2.56. The predicted octanol–water partition coefficient (Wildman–Crippen LogP) is 2.71. The highest BCUT2D eigenvalue weighted by Crippen LogP contribution is 2.43. The molecule has 2 aliphatic heterocycles. The van der Waals surface area contributed by atoms with E-state index in [1.54, 1.807) is 0 Å². The number of hydrogen-bond acceptors (Lipinski definition) is 4. The molecule has 142 valence electrons. The molecule has 0 radical (unpaired) electrons. The van der Waals surface area contributed by atoms with Crippen LogP contribution in [0.15, 0.2) is 54.6 Å². The molecule has 2 aromatic rings. The van der Waals surface area contributed by atoms with Gasteiger partial charge in [-0.05, 0) is 18.7 Å². The van der Waals surface area contributed by atoms with Gasteiger partial charge < -0.3 is 14.7 Å². The van der Waals surface area contributed by atoms with Crippen molar-refractivity contribution in [3.8, 4) is 5.75 Å². The first-order chi connectivity index (χ1) is 13.1. The zero-order valence-electron chi connectivity index (χ0n) is 15.7. The molecule has 2 aliphatic rings. The molecule has 2 fully saturated rings. The minimum Gasteiger partial charge on any atom is -0.489 e. The highest BCUT2D eigenvalue weighted by molar-refractivity contribution is 5.77. The van der Waals surface area contributed by atoms with Gasteiger partial charge in [0.1, 0.15) is 12.4 Å². The van der Waals surface area contributed by atoms with Crippen molar-refractivity contribution in [1.82, 2.24) is 9.80 Å². The molecule has 2 heterocycles. The molecule has 0 spiro atoms. The van der Waals surface area contributed by atoms with E-state index in [4.69, 9.17) is 4.74 Å². The molecule has 0 saturated carbocycles. The number of rotatable bonds is 6. The molecule has 4 rings (SSSR count). The number of hydrogen-bond donors (Lipinski definition) is 1. The summed E-state index contributed by atoms with van der Waals surface area (Å²) < 4.78 is 6.07. The number of carbonyl (C=O) groups is 1. The molecule has 0 aromatic heterocycles. The van der Waals surface area contributed by atoms with Crippen molar-refractivity contribution in [2.75, 3.05) is 33.2 Å². The van der Waals surface area contributed by atoms with Gasteiger partial charge in [0, 0.05) is 44.2 Å². The lowest BCUT2D eigenvalue weighted by atomic mass is 9.81. The second-order valence-electron chi connectivity index (χ2n) is 7.91. The van der Waals surface area contributed by atoms with Gasteiger partial charge in [-0.2, -0.15) is 0 Å². The number of aliphatic carboxylic acids is 1. The van der Waals surface area contributed by atoms with Gasteiger partial charge in [-0.15, -0.1) is 0 Å². The SMILES string of the molecule is CN1C[C@H]2CN(Cc3ccccc3OCc3ccccc3)C[C@@]2(C(=O)O)C1. The number of para-hydroxylation sites is 1. The topological polar surface area (TPSA) is 53.0 Å². The van der Waals surface area contributed by atoms with Crippen molar-refractivity contribution in [1.29, 1.82) is 0 Å². The predicted molar refractivity (Wildman–Crippen MR) is 104 cm³/mol. The Bertz CT molecular complexity index is 810. The summed E-state index contributed by atoms with van der Waals surface area (Å²) in [5, 5.41) is 9.86. The molecule has 5 nitrogen and oxygen atoms in total. The molecule has 1 N–H and O–H groups in total. The van der Waals surface area contributed by atoms with Gasteiger partial charge >= 0.3 is 5.97 Å². The van der Waals surface area contributed by atoms with E-state index in [9.17, 15) is 9.90 Å². The Balaban J connectivity index is 1.45. The van der Waals surface area contributed by atoms with Crippen molar-refractivity contribution in [3.63, 3.8) is 0 Å². The van der Waals surface area contributed by atoms with Crippen LogP contribution < -0.4 is 4.74 Å². The lowest BCUT2D eigenvalue weighted by Gasteiger charge is -2.24. The maximum absolute atomic E-state index is 12.0. The van der Waals surface area contributed by atoms with Crippen molar-refractivity contribution >= 4 is 5.97 Å². The summed E-state index contributed by atoms with van der Waals surface area (Å²) in [5.74, 6) is 0.408. The van der Waals surface area contributed by atoms with Crippen LogP contribution in [0.25, 0.3) is 0 Å². The minimum absolute atomic E-state index is 0.192. The third-order valence-electron chi connectivity index (χ3n) is 5.88. The average molecular weight is 366 g/mol. The van der Waals surface area contributed by atoms with Crippen LogP contribution in [0.1, 0.15) is 11.1 Å². The Labute approximate surface area is 160 Å². The zero-order chi connectivity index (χ0) is 18.9. The normalized spacial score (nSPS) is 25.4. The largest absolute Gasteiger partial charge is 0.489 e. The Morgan fingerprint density at radius 3 is 2.59 bits per heavy atom. The van der Waals surface area contributed by atoms with E-state index in [2.05, 4.69) is 28.0 Å². The van der Waals surface area contributed by atoms with Gasteiger partial charge in [-0.1, -0.05) is 48.5 Å². The summed E-state index contributed by atoms with van der Waals surface area (Å²) in [6.45, 7) is 4.17. The molecule has 0 aliphatic carbocycles. The van der Waals surface area contributed by atoms with Crippen LogP contribution in [0, 0.1) is 11.3 Å². The molecule has 2 saturated heterocycles. The fourth-order valence-corrected chi connectivity index (χ4v) is 4.59. The average Bonchev–Trinajstić information content (AvgIpc) is 3.15. The molecule has 0 amide bonds. The number of carboxylic acid groups (broad SMARTS) is 1. The van der Waals surface area contributed by atoms with Gasteiger partial charge in [0.05, 0.1) is 5.41 Å². The molecule has 2 aromatic carbocycles. The second-order valence-corrected chi connectivity index (χ2v) is 7.91. The first-order valence-electron chi connectivity index (χ1n) is 9.46. The molecular weight excluding hydrogens is 340 g/mol. The molecule has 0 bridgehead atoms. The number of ether oxygens (including phenoxy) is 1. The number of carboxylic acids is 1. The number of fused-ring (bicyclic) bond motifs is 1. The Hall–Kier alpha value is -2.37. The van der Waals surface area contributed by atoms with Crippen LogP contribution in [0.3, 0.4) is 0 Å². The number of benzene rings is 2. The molecule has 2 atom stereocenters. The van der Waals surface area contributed by atoms with E-state index >= 15 is 0 Å². The van der Waals surface area contributed by atoms with Crippen LogP contribution in [0.4, 0.5) is 0 Å². The number of likely N-dealkylation sites (tertiary alicyclic amines) is 2. The lowest BCUT2D eigenvalue weighted by Crippen LogP contribution is -2.40. The zero-order valence-corrected chi connectivity index (χ0v) is 15.7. The van der Waals surface area contributed by atoms with Crippen molar-refractivity contribution in [3.05, 3.63) is 65.7 Å². The lowest BCUT2D eigenvalue weighted by molar-refractivity contribution is -0.148. The van der Waals surface area contributed by atoms with Crippen molar-refractivity contribution < 1.29 is 14.6 Å². The third-order valence-corrected chi connectivity index (χ3v) is 5.88. The molecule has 5 heteroatoms. The summed E-state index contributed by atoms with van der Waals surface area (Å²) in [4.78, 5) is 16.4. The van der Waals surface area contributed by atoms with Crippen LogP contribution in [-0.4, -0.2) is 54.1 Å². The molecular formula is C22H26N2O3. The van der Waals surface area contributed by atoms with E-state index in [1.165, 1.54) is 0 Å². The molecule has 27 heavy (non-hydrogen) atoms. The third kappa shape index (κ3) is 3.57. The Kier molecular flexibility index (Phi) is 4.89. The standard InChI is InChI=1S/C22H26N2O3/c1-23-12-19-13-24(16-22(19,15-23)21(25)26)11-18-9-5-6-10-20(18)27-14-17-7-3-2-4-8-17/h2-10,19H,11-16H2,1H3,(H,25,26)/t19-,22-/m0/s1. The fraction of sp³-hybridized carbons (Fsp3) is 0.409. The van der Waals surface area contributed by atoms with Crippen LogP contribution >= 0.6 is 0 Å². The summed E-state index contributed by atoms with van der Waals surface area (Å²) >= 11 is 0. The summed E-state index contributed by atoms with van der Waals surface area (Å²) in [6.07, 6.45) is 0. The van der Waals surface area contributed by atoms with E-state index in [-0.39, 0.29) is 5.92 Å². The van der Waals surface area contributed by atoms with Gasteiger partial charge in [-0.3, -0.25) is 9.69 Å². The summed E-state index contributed by atoms with van der Waals surface area (Å²) in [6, 6.07) is 18.2. The molecule has 0 unspecified atom stereocenters. The smallest absolute Gasteiger partial charge is 0.312 e. The van der Waals surface area contributed by atoms with E-state index < -0.39 is 11.4 Å². The second kappa shape index (κ2) is 7.33. The van der Waals surface area contributed by atoms with Gasteiger partial charge in [-0.25, -0.2) is 0 Å². The quantitative estimate of drug-likeness (QED) is 0.852. The van der Waals surface area contributed by atoms with Crippen LogP contribution in [-0.2, 0) is 17.9 Å². The van der Waals surface area contributed by atoms with Crippen LogP contribution in [0.2, 0.25) is 0 Å². The first-order valence-corrected chi connectivity index (χ1v) is 9.46. The maximum Gasteiger partial charge on any atom is 0.312 e.